The Morgan fingerprint density at radius 1 is 1.15 bits per heavy atom. The van der Waals surface area contributed by atoms with Crippen LogP contribution >= 0.6 is 0 Å². The highest BCUT2D eigenvalue weighted by Gasteiger charge is 2.32. The quantitative estimate of drug-likeness (QED) is 0.582. The second kappa shape index (κ2) is 9.70. The normalized spacial score (nSPS) is 17.8. The Kier molecular flexibility index (Phi) is 6.55. The number of aromatic nitrogens is 2. The summed E-state index contributed by atoms with van der Waals surface area (Å²) in [4.78, 5) is 24.4. The summed E-state index contributed by atoms with van der Waals surface area (Å²) in [5.41, 5.74) is 3.21. The number of rotatable bonds is 5. The van der Waals surface area contributed by atoms with Gasteiger partial charge in [0.15, 0.2) is 0 Å². The molecule has 33 heavy (non-hydrogen) atoms. The smallest absolute Gasteiger partial charge is 0.256 e. The van der Waals surface area contributed by atoms with E-state index in [0.717, 1.165) is 18.4 Å². The van der Waals surface area contributed by atoms with Crippen molar-refractivity contribution < 1.29 is 14.3 Å². The van der Waals surface area contributed by atoms with Gasteiger partial charge >= 0.3 is 0 Å². The van der Waals surface area contributed by atoms with Crippen LogP contribution in [0.3, 0.4) is 0 Å². The Balaban J connectivity index is 1.61. The van der Waals surface area contributed by atoms with Gasteiger partial charge < -0.3 is 14.4 Å². The third kappa shape index (κ3) is 4.65. The number of carbonyl (C=O) groups excluding carboxylic acids is 1. The molecule has 0 N–H and O–H groups in total. The molecule has 1 saturated heterocycles. The van der Waals surface area contributed by atoms with E-state index in [4.69, 9.17) is 9.47 Å². The SMILES string of the molecule is COc1ccc(C(=O)N2CC(Oc3nccc(C#N)c3C)CCC2C)c(-c2ccccc2)n1. The van der Waals surface area contributed by atoms with Crippen molar-refractivity contribution in [1.29, 1.82) is 5.26 Å². The second-order valence-electron chi connectivity index (χ2n) is 8.14. The van der Waals surface area contributed by atoms with Crippen molar-refractivity contribution in [3.8, 4) is 29.1 Å². The fourth-order valence-corrected chi connectivity index (χ4v) is 4.07. The number of piperidine rings is 1. The first-order chi connectivity index (χ1) is 16.0. The Morgan fingerprint density at radius 2 is 1.94 bits per heavy atom. The molecule has 2 unspecified atom stereocenters. The lowest BCUT2D eigenvalue weighted by molar-refractivity contribution is 0.0371. The summed E-state index contributed by atoms with van der Waals surface area (Å²) in [5.74, 6) is 0.801. The molecule has 0 radical (unpaired) electrons. The number of ether oxygens (including phenoxy) is 2. The van der Waals surface area contributed by atoms with Gasteiger partial charge in [0.05, 0.1) is 36.5 Å². The van der Waals surface area contributed by atoms with E-state index < -0.39 is 0 Å². The van der Waals surface area contributed by atoms with Crippen molar-refractivity contribution in [1.82, 2.24) is 14.9 Å². The highest BCUT2D eigenvalue weighted by Crippen LogP contribution is 2.29. The van der Waals surface area contributed by atoms with E-state index in [1.165, 1.54) is 0 Å². The van der Waals surface area contributed by atoms with Crippen LogP contribution in [0.2, 0.25) is 0 Å². The number of hydrogen-bond acceptors (Lipinski definition) is 6. The predicted molar refractivity (Wildman–Crippen MR) is 124 cm³/mol. The zero-order chi connectivity index (χ0) is 23.4. The van der Waals surface area contributed by atoms with Crippen LogP contribution in [0, 0.1) is 18.3 Å². The number of nitriles is 1. The number of carbonyl (C=O) groups is 1. The number of amides is 1. The van der Waals surface area contributed by atoms with Crippen molar-refractivity contribution in [2.75, 3.05) is 13.7 Å². The number of benzene rings is 1. The molecule has 0 spiro atoms. The van der Waals surface area contributed by atoms with Gasteiger partial charge in [0.1, 0.15) is 6.10 Å². The average molecular weight is 443 g/mol. The Morgan fingerprint density at radius 3 is 2.67 bits per heavy atom. The molecule has 3 heterocycles. The minimum Gasteiger partial charge on any atom is -0.481 e. The molecule has 168 valence electrons. The van der Waals surface area contributed by atoms with E-state index >= 15 is 0 Å². The van der Waals surface area contributed by atoms with E-state index in [1.54, 1.807) is 31.5 Å². The Hall–Kier alpha value is -3.92. The van der Waals surface area contributed by atoms with Crippen LogP contribution in [0.1, 0.15) is 41.3 Å². The van der Waals surface area contributed by atoms with Gasteiger partial charge in [-0.2, -0.15) is 5.26 Å². The van der Waals surface area contributed by atoms with Gasteiger partial charge in [0.2, 0.25) is 11.8 Å². The monoisotopic (exact) mass is 442 g/mol. The number of pyridine rings is 2. The maximum atomic E-state index is 13.7. The largest absolute Gasteiger partial charge is 0.481 e. The summed E-state index contributed by atoms with van der Waals surface area (Å²) in [5, 5.41) is 9.28. The van der Waals surface area contributed by atoms with E-state index in [9.17, 15) is 10.1 Å². The molecule has 4 rings (SSSR count). The lowest BCUT2D eigenvalue weighted by atomic mass is 9.98. The van der Waals surface area contributed by atoms with Crippen LogP contribution in [0.25, 0.3) is 11.3 Å². The third-order valence-electron chi connectivity index (χ3n) is 6.01. The maximum absolute atomic E-state index is 13.7. The standard InChI is InChI=1S/C26H26N4O3/c1-17-9-10-21(33-25-18(2)20(15-27)13-14-28-25)16-30(17)26(31)22-11-12-23(32-3)29-24(22)19-7-5-4-6-8-19/h4-8,11-14,17,21H,9-10,16H2,1-3H3. The zero-order valence-electron chi connectivity index (χ0n) is 19.0. The van der Waals surface area contributed by atoms with Crippen LogP contribution in [0.15, 0.2) is 54.7 Å². The van der Waals surface area contributed by atoms with Crippen molar-refractivity contribution in [3.63, 3.8) is 0 Å². The number of nitrogens with zero attached hydrogens (tertiary/aromatic N) is 4. The predicted octanol–water partition coefficient (Wildman–Crippen LogP) is 4.40. The van der Waals surface area contributed by atoms with Crippen LogP contribution in [0.5, 0.6) is 11.8 Å². The lowest BCUT2D eigenvalue weighted by Gasteiger charge is -2.38. The van der Waals surface area contributed by atoms with Gasteiger partial charge in [0.25, 0.3) is 5.91 Å². The van der Waals surface area contributed by atoms with Crippen LogP contribution in [0.4, 0.5) is 0 Å². The van der Waals surface area contributed by atoms with Gasteiger partial charge in [-0.1, -0.05) is 30.3 Å². The second-order valence-corrected chi connectivity index (χ2v) is 8.14. The minimum absolute atomic E-state index is 0.0579. The molecule has 7 heteroatoms. The highest BCUT2D eigenvalue weighted by molar-refractivity contribution is 6.00. The first-order valence-corrected chi connectivity index (χ1v) is 11.0. The maximum Gasteiger partial charge on any atom is 0.256 e. The molecule has 1 aromatic carbocycles. The summed E-state index contributed by atoms with van der Waals surface area (Å²) in [6.45, 7) is 4.30. The summed E-state index contributed by atoms with van der Waals surface area (Å²) < 4.78 is 11.5. The summed E-state index contributed by atoms with van der Waals surface area (Å²) in [6, 6.07) is 17.0. The molecule has 1 aliphatic heterocycles. The summed E-state index contributed by atoms with van der Waals surface area (Å²) in [6.07, 6.45) is 2.97. The minimum atomic E-state index is -0.211. The molecule has 1 amide bonds. The first-order valence-electron chi connectivity index (χ1n) is 11.0. The van der Waals surface area contributed by atoms with E-state index in [-0.39, 0.29) is 18.1 Å². The van der Waals surface area contributed by atoms with Crippen LogP contribution in [-0.2, 0) is 0 Å². The lowest BCUT2D eigenvalue weighted by Crippen LogP contribution is -2.49. The fraction of sp³-hybridized carbons (Fsp3) is 0.308. The van der Waals surface area contributed by atoms with Gasteiger partial charge in [-0.15, -0.1) is 0 Å². The summed E-state index contributed by atoms with van der Waals surface area (Å²) in [7, 11) is 1.56. The molecule has 2 aromatic heterocycles. The van der Waals surface area contributed by atoms with Gasteiger partial charge in [-0.05, 0) is 38.8 Å². The molecular formula is C26H26N4O3. The zero-order valence-corrected chi connectivity index (χ0v) is 19.0. The van der Waals surface area contributed by atoms with Crippen molar-refractivity contribution in [3.05, 3.63) is 71.4 Å². The van der Waals surface area contributed by atoms with Crippen molar-refractivity contribution in [2.24, 2.45) is 0 Å². The fourth-order valence-electron chi connectivity index (χ4n) is 4.07. The van der Waals surface area contributed by atoms with Gasteiger partial charge in [-0.25, -0.2) is 9.97 Å². The van der Waals surface area contributed by atoms with Crippen molar-refractivity contribution in [2.45, 2.75) is 38.8 Å². The van der Waals surface area contributed by atoms with E-state index in [2.05, 4.69) is 16.0 Å². The molecule has 1 fully saturated rings. The van der Waals surface area contributed by atoms with Crippen LogP contribution in [-0.4, -0.2) is 46.6 Å². The molecule has 0 aliphatic carbocycles. The molecule has 3 aromatic rings. The highest BCUT2D eigenvalue weighted by atomic mass is 16.5. The number of hydrogen-bond donors (Lipinski definition) is 0. The summed E-state index contributed by atoms with van der Waals surface area (Å²) >= 11 is 0. The molecule has 0 bridgehead atoms. The first kappa shape index (κ1) is 22.3. The Labute approximate surface area is 193 Å². The molecule has 1 aliphatic rings. The molecular weight excluding hydrogens is 416 g/mol. The molecule has 0 saturated carbocycles. The number of methoxy groups -OCH3 is 1. The third-order valence-corrected chi connectivity index (χ3v) is 6.01. The Bertz CT molecular complexity index is 1190. The van der Waals surface area contributed by atoms with E-state index in [1.807, 2.05) is 49.1 Å². The average Bonchev–Trinajstić information content (AvgIpc) is 2.86. The molecule has 2 atom stereocenters. The van der Waals surface area contributed by atoms with E-state index in [0.29, 0.717) is 40.7 Å². The molecule has 7 nitrogen and oxygen atoms in total. The van der Waals surface area contributed by atoms with Crippen molar-refractivity contribution >= 4 is 5.91 Å². The topological polar surface area (TPSA) is 88.3 Å². The number of likely N-dealkylation sites (tertiary alicyclic amines) is 1. The van der Waals surface area contributed by atoms with Gasteiger partial charge in [0, 0.05) is 29.4 Å². The van der Waals surface area contributed by atoms with Gasteiger partial charge in [-0.3, -0.25) is 4.79 Å². The van der Waals surface area contributed by atoms with Crippen LogP contribution < -0.4 is 9.47 Å².